The second-order valence-electron chi connectivity index (χ2n) is 8.01. The Morgan fingerprint density at radius 3 is 1.54 bits per heavy atom. The molecule has 0 saturated carbocycles. The zero-order valence-electron chi connectivity index (χ0n) is 18.7. The lowest BCUT2D eigenvalue weighted by Gasteiger charge is -2.22. The molecule has 35 heavy (non-hydrogen) atoms. The van der Waals surface area contributed by atoms with Gasteiger partial charge in [0.2, 0.25) is 5.44 Å². The zero-order chi connectivity index (χ0) is 26.3. The Balaban J connectivity index is 2.43. The first kappa shape index (κ1) is 27.0. The molecule has 1 aromatic heterocycles. The Bertz CT molecular complexity index is 1190. The number of halogens is 9. The van der Waals surface area contributed by atoms with Gasteiger partial charge in [0.15, 0.2) is 6.20 Å². The molecular weight excluding hydrogens is 504 g/mol. The molecule has 0 bridgehead atoms. The van der Waals surface area contributed by atoms with Crippen molar-refractivity contribution in [3.05, 3.63) is 82.5 Å². The highest BCUT2D eigenvalue weighted by atomic mass is 31.1. The molecule has 0 fully saturated rings. The van der Waals surface area contributed by atoms with Crippen molar-refractivity contribution in [2.45, 2.75) is 45.8 Å². The molecule has 0 saturated heterocycles. The monoisotopic (exact) mass is 524 g/mol. The average Bonchev–Trinajstić information content (AvgIpc) is 2.72. The Morgan fingerprint density at radius 1 is 0.629 bits per heavy atom. The van der Waals surface area contributed by atoms with E-state index in [1.807, 2.05) is 0 Å². The second-order valence-corrected chi connectivity index (χ2v) is 10.2. The van der Waals surface area contributed by atoms with Crippen LogP contribution in [-0.2, 0) is 25.1 Å². The van der Waals surface area contributed by atoms with Crippen LogP contribution >= 0.6 is 7.92 Å². The van der Waals surface area contributed by atoms with Crippen molar-refractivity contribution in [3.8, 4) is 0 Å². The van der Waals surface area contributed by atoms with E-state index in [4.69, 9.17) is 0 Å². The fraction of sp³-hybridized carbons (Fsp3) is 0.292. The predicted octanol–water partition coefficient (Wildman–Crippen LogP) is 6.43. The lowest BCUT2D eigenvalue weighted by molar-refractivity contribution is -0.676. The van der Waals surface area contributed by atoms with E-state index in [-0.39, 0.29) is 22.2 Å². The molecule has 0 N–H and O–H groups in total. The summed E-state index contributed by atoms with van der Waals surface area (Å²) in [5.74, 6) is 0. The predicted molar refractivity (Wildman–Crippen MR) is 115 cm³/mol. The van der Waals surface area contributed by atoms with Gasteiger partial charge in [0.1, 0.15) is 6.54 Å². The number of pyridine rings is 1. The maximum atomic E-state index is 13.6. The number of aryl methyl sites for hydroxylation is 3. The third-order valence-electron chi connectivity index (χ3n) is 5.20. The van der Waals surface area contributed by atoms with E-state index in [0.717, 1.165) is 17.7 Å². The van der Waals surface area contributed by atoms with Gasteiger partial charge in [0, 0.05) is 11.6 Å². The first-order valence-corrected chi connectivity index (χ1v) is 11.6. The van der Waals surface area contributed by atoms with Crippen molar-refractivity contribution >= 4 is 24.0 Å². The van der Waals surface area contributed by atoms with E-state index < -0.39 is 43.1 Å². The van der Waals surface area contributed by atoms with Gasteiger partial charge in [0.05, 0.1) is 24.6 Å². The van der Waals surface area contributed by atoms with Gasteiger partial charge >= 0.3 is 18.5 Å². The molecule has 0 radical (unpaired) electrons. The Hall–Kier alpha value is -2.61. The summed E-state index contributed by atoms with van der Waals surface area (Å²) >= 11 is 0. The quantitative estimate of drug-likeness (QED) is 0.211. The maximum Gasteiger partial charge on any atom is 0.416 e. The van der Waals surface area contributed by atoms with E-state index in [1.54, 1.807) is 30.7 Å². The molecule has 3 aromatic rings. The van der Waals surface area contributed by atoms with Crippen molar-refractivity contribution in [2.24, 2.45) is 0 Å². The summed E-state index contributed by atoms with van der Waals surface area (Å²) < 4.78 is 124. The van der Waals surface area contributed by atoms with Gasteiger partial charge in [-0.25, -0.2) is 0 Å². The van der Waals surface area contributed by atoms with E-state index in [9.17, 15) is 39.5 Å². The first-order valence-electron chi connectivity index (χ1n) is 10.3. The van der Waals surface area contributed by atoms with Crippen LogP contribution in [0.1, 0.15) is 34.7 Å². The van der Waals surface area contributed by atoms with Crippen molar-refractivity contribution in [3.63, 3.8) is 0 Å². The molecular formula is C24H20F9NP+. The first-order chi connectivity index (χ1) is 16.0. The topological polar surface area (TPSA) is 3.88 Å². The number of rotatable bonds is 4. The van der Waals surface area contributed by atoms with Crippen LogP contribution in [0.4, 0.5) is 39.5 Å². The van der Waals surface area contributed by atoms with Gasteiger partial charge in [-0.05, 0) is 73.3 Å². The van der Waals surface area contributed by atoms with Gasteiger partial charge < -0.3 is 0 Å². The van der Waals surface area contributed by atoms with Gasteiger partial charge in [-0.3, -0.25) is 0 Å². The minimum absolute atomic E-state index is 0.00849. The normalized spacial score (nSPS) is 13.7. The molecule has 0 aliphatic rings. The van der Waals surface area contributed by atoms with Crippen LogP contribution in [0.15, 0.2) is 54.7 Å². The molecule has 188 valence electrons. The van der Waals surface area contributed by atoms with Crippen LogP contribution in [0.2, 0.25) is 0 Å². The van der Waals surface area contributed by atoms with Crippen LogP contribution in [0.25, 0.3) is 0 Å². The standard InChI is InChI=1S/C24H20F9NP/c1-4-34-13-14(2)5-6-21(34)35(19-8-15(3)7-16(10-19)22(25,26)27)20-11-17(23(28,29)30)9-18(12-20)24(31,32)33/h5-13H,4H2,1-3H3/q+1. The summed E-state index contributed by atoms with van der Waals surface area (Å²) in [6, 6.07) is 7.40. The Morgan fingerprint density at radius 2 is 1.09 bits per heavy atom. The number of benzene rings is 2. The van der Waals surface area contributed by atoms with Crippen LogP contribution < -0.4 is 20.6 Å². The molecule has 1 nitrogen and oxygen atoms in total. The largest absolute Gasteiger partial charge is 0.416 e. The van der Waals surface area contributed by atoms with Gasteiger partial charge in [0.25, 0.3) is 0 Å². The van der Waals surface area contributed by atoms with Crippen molar-refractivity contribution in [1.82, 2.24) is 0 Å². The summed E-state index contributed by atoms with van der Waals surface area (Å²) in [7, 11) is -2.23. The summed E-state index contributed by atoms with van der Waals surface area (Å²) in [6.45, 7) is 5.17. The lowest BCUT2D eigenvalue weighted by atomic mass is 10.1. The minimum Gasteiger partial charge on any atom is -0.198 e. The SMILES string of the molecule is CC[n+]1cc(C)ccc1P(c1cc(C)cc(C(F)(F)F)c1)c1cc(C(F)(F)F)cc(C(F)(F)F)c1. The number of hydrogen-bond donors (Lipinski definition) is 0. The molecule has 0 aliphatic carbocycles. The molecule has 1 atom stereocenters. The minimum atomic E-state index is -5.09. The number of aromatic nitrogens is 1. The molecule has 1 unspecified atom stereocenters. The second kappa shape index (κ2) is 9.45. The summed E-state index contributed by atoms with van der Waals surface area (Å²) in [6.07, 6.45) is -13.3. The highest BCUT2D eigenvalue weighted by Crippen LogP contribution is 2.40. The highest BCUT2D eigenvalue weighted by Gasteiger charge is 2.39. The van der Waals surface area contributed by atoms with Gasteiger partial charge in [-0.1, -0.05) is 6.07 Å². The average molecular weight is 524 g/mol. The third kappa shape index (κ3) is 6.15. The number of alkyl halides is 9. The van der Waals surface area contributed by atoms with Gasteiger partial charge in [-0.15, -0.1) is 0 Å². The highest BCUT2D eigenvalue weighted by molar-refractivity contribution is 7.79. The van der Waals surface area contributed by atoms with E-state index in [0.29, 0.717) is 24.1 Å². The molecule has 1 heterocycles. The van der Waals surface area contributed by atoms with E-state index >= 15 is 0 Å². The molecule has 3 rings (SSSR count). The molecule has 0 spiro atoms. The lowest BCUT2D eigenvalue weighted by Crippen LogP contribution is -2.49. The van der Waals surface area contributed by atoms with Crippen LogP contribution in [0.5, 0.6) is 0 Å². The van der Waals surface area contributed by atoms with Crippen LogP contribution in [-0.4, -0.2) is 0 Å². The van der Waals surface area contributed by atoms with Crippen molar-refractivity contribution in [2.75, 3.05) is 0 Å². The van der Waals surface area contributed by atoms with Crippen LogP contribution in [0.3, 0.4) is 0 Å². The van der Waals surface area contributed by atoms with Crippen molar-refractivity contribution < 1.29 is 44.1 Å². The van der Waals surface area contributed by atoms with Crippen LogP contribution in [0, 0.1) is 13.8 Å². The number of nitrogens with zero attached hydrogens (tertiary/aromatic N) is 1. The zero-order valence-corrected chi connectivity index (χ0v) is 19.6. The third-order valence-corrected chi connectivity index (χ3v) is 7.61. The summed E-state index contributed by atoms with van der Waals surface area (Å²) in [5.41, 5.74) is -2.80. The molecule has 11 heteroatoms. The van der Waals surface area contributed by atoms with E-state index in [2.05, 4.69) is 0 Å². The Labute approximate surface area is 197 Å². The summed E-state index contributed by atoms with van der Waals surface area (Å²) in [5, 5.41) is -0.363. The fourth-order valence-electron chi connectivity index (χ4n) is 3.65. The van der Waals surface area contributed by atoms with Crippen molar-refractivity contribution in [1.29, 1.82) is 0 Å². The Kier molecular flexibility index (Phi) is 7.29. The molecule has 0 amide bonds. The van der Waals surface area contributed by atoms with Gasteiger partial charge in [-0.2, -0.15) is 44.1 Å². The maximum absolute atomic E-state index is 13.6. The molecule has 0 aliphatic heterocycles. The van der Waals surface area contributed by atoms with E-state index in [1.165, 1.54) is 19.1 Å². The molecule has 2 aromatic carbocycles. The smallest absolute Gasteiger partial charge is 0.198 e. The fourth-order valence-corrected chi connectivity index (χ4v) is 6.29. The number of hydrogen-bond acceptors (Lipinski definition) is 0. The summed E-state index contributed by atoms with van der Waals surface area (Å²) in [4.78, 5) is 0.